The summed E-state index contributed by atoms with van der Waals surface area (Å²) in [6.07, 6.45) is 1.52. The Bertz CT molecular complexity index is 453. The summed E-state index contributed by atoms with van der Waals surface area (Å²) in [4.78, 5) is 12.1. The highest BCUT2D eigenvalue weighted by molar-refractivity contribution is 6.32. The Morgan fingerprint density at radius 1 is 1.50 bits per heavy atom. The highest BCUT2D eigenvalue weighted by Gasteiger charge is 2.46. The molecule has 0 unspecified atom stereocenters. The Morgan fingerprint density at radius 2 is 2.12 bits per heavy atom. The van der Waals surface area contributed by atoms with Crippen molar-refractivity contribution in [2.75, 3.05) is 7.11 Å². The van der Waals surface area contributed by atoms with Crippen LogP contribution in [0.15, 0.2) is 12.1 Å². The maximum Gasteiger partial charge on any atom is 0.182 e. The van der Waals surface area contributed by atoms with E-state index in [9.17, 15) is 4.79 Å². The average Bonchev–Trinajstić information content (AvgIpc) is 2.99. The topological polar surface area (TPSA) is 52.3 Å². The smallest absolute Gasteiger partial charge is 0.182 e. The Kier molecular flexibility index (Phi) is 2.68. The lowest BCUT2D eigenvalue weighted by molar-refractivity contribution is 0.0948. The largest absolute Gasteiger partial charge is 0.495 e. The van der Waals surface area contributed by atoms with E-state index in [4.69, 9.17) is 22.1 Å². The Balaban J connectivity index is 2.42. The molecular formula is C12H14ClNO2. The van der Waals surface area contributed by atoms with Gasteiger partial charge in [-0.3, -0.25) is 4.79 Å². The second kappa shape index (κ2) is 3.75. The van der Waals surface area contributed by atoms with Crippen LogP contribution in [0.5, 0.6) is 5.75 Å². The fraction of sp³-hybridized carbons (Fsp3) is 0.417. The van der Waals surface area contributed by atoms with Crippen molar-refractivity contribution >= 4 is 17.4 Å². The summed E-state index contributed by atoms with van der Waals surface area (Å²) < 4.78 is 5.09. The van der Waals surface area contributed by atoms with E-state index in [0.29, 0.717) is 16.3 Å². The number of halogens is 1. The number of hydrogen-bond acceptors (Lipinski definition) is 3. The van der Waals surface area contributed by atoms with Gasteiger partial charge in [0.05, 0.1) is 17.7 Å². The summed E-state index contributed by atoms with van der Waals surface area (Å²) in [6, 6.07) is 3.41. The maximum absolute atomic E-state index is 12.1. The summed E-state index contributed by atoms with van der Waals surface area (Å²) >= 11 is 6.00. The maximum atomic E-state index is 12.1. The Hall–Kier alpha value is -1.06. The van der Waals surface area contributed by atoms with E-state index in [1.807, 2.05) is 6.92 Å². The predicted octanol–water partition coefficient (Wildman–Crippen LogP) is 2.33. The van der Waals surface area contributed by atoms with Gasteiger partial charge in [0.25, 0.3) is 0 Å². The van der Waals surface area contributed by atoms with Crippen molar-refractivity contribution in [3.05, 3.63) is 28.3 Å². The van der Waals surface area contributed by atoms with E-state index in [0.717, 1.165) is 18.4 Å². The molecule has 0 saturated heterocycles. The molecule has 2 rings (SSSR count). The Morgan fingerprint density at radius 3 is 2.62 bits per heavy atom. The van der Waals surface area contributed by atoms with E-state index in [-0.39, 0.29) is 5.78 Å². The van der Waals surface area contributed by atoms with Gasteiger partial charge in [0.1, 0.15) is 5.75 Å². The fourth-order valence-electron chi connectivity index (χ4n) is 1.69. The summed E-state index contributed by atoms with van der Waals surface area (Å²) in [5.74, 6) is 0.562. The van der Waals surface area contributed by atoms with Crippen LogP contribution in [0.4, 0.5) is 0 Å². The van der Waals surface area contributed by atoms with Crippen LogP contribution >= 0.6 is 11.6 Å². The number of hydrogen-bond donors (Lipinski definition) is 1. The highest BCUT2D eigenvalue weighted by atomic mass is 35.5. The van der Waals surface area contributed by atoms with Gasteiger partial charge in [0.2, 0.25) is 0 Å². The van der Waals surface area contributed by atoms with Crippen LogP contribution in [-0.2, 0) is 0 Å². The number of benzene rings is 1. The lowest BCUT2D eigenvalue weighted by Gasteiger charge is -2.12. The summed E-state index contributed by atoms with van der Waals surface area (Å²) in [5.41, 5.74) is 6.69. The van der Waals surface area contributed by atoms with Gasteiger partial charge in [0.15, 0.2) is 5.78 Å². The molecule has 1 aromatic rings. The molecule has 0 spiro atoms. The summed E-state index contributed by atoms with van der Waals surface area (Å²) in [5, 5.41) is 0.445. The van der Waals surface area contributed by atoms with Gasteiger partial charge in [-0.05, 0) is 37.5 Å². The number of ketones is 1. The SMILES string of the molecule is COc1cc(C)c(C(=O)C2(N)CC2)cc1Cl. The van der Waals surface area contributed by atoms with Crippen LogP contribution < -0.4 is 10.5 Å². The third-order valence-electron chi connectivity index (χ3n) is 2.98. The van der Waals surface area contributed by atoms with Crippen LogP contribution in [0.1, 0.15) is 28.8 Å². The molecule has 0 aliphatic heterocycles. The number of methoxy groups -OCH3 is 1. The number of Topliss-reactive ketones (excluding diaryl/α,β-unsaturated/α-hetero) is 1. The standard InChI is InChI=1S/C12H14ClNO2/c1-7-5-10(16-2)9(13)6-8(7)11(15)12(14)3-4-12/h5-6H,3-4,14H2,1-2H3. The number of aryl methyl sites for hydroxylation is 1. The number of ether oxygens (including phenoxy) is 1. The van der Waals surface area contributed by atoms with E-state index in [2.05, 4.69) is 0 Å². The van der Waals surface area contributed by atoms with Gasteiger partial charge in [0, 0.05) is 5.56 Å². The first-order valence-electron chi connectivity index (χ1n) is 5.16. The van der Waals surface area contributed by atoms with Gasteiger partial charge in [-0.25, -0.2) is 0 Å². The third kappa shape index (κ3) is 1.81. The molecule has 1 saturated carbocycles. The zero-order chi connectivity index (χ0) is 11.9. The summed E-state index contributed by atoms with van der Waals surface area (Å²) in [6.45, 7) is 1.86. The molecule has 86 valence electrons. The third-order valence-corrected chi connectivity index (χ3v) is 3.28. The van der Waals surface area contributed by atoms with Crippen molar-refractivity contribution in [1.82, 2.24) is 0 Å². The van der Waals surface area contributed by atoms with Gasteiger partial charge in [-0.1, -0.05) is 11.6 Å². The molecule has 0 bridgehead atoms. The van der Waals surface area contributed by atoms with Crippen LogP contribution in [0, 0.1) is 6.92 Å². The van der Waals surface area contributed by atoms with Crippen LogP contribution in [0.25, 0.3) is 0 Å². The molecule has 16 heavy (non-hydrogen) atoms. The minimum Gasteiger partial charge on any atom is -0.495 e. The molecule has 2 N–H and O–H groups in total. The van der Waals surface area contributed by atoms with Crippen molar-refractivity contribution in [3.8, 4) is 5.75 Å². The average molecular weight is 240 g/mol. The lowest BCUT2D eigenvalue weighted by Crippen LogP contribution is -2.33. The lowest BCUT2D eigenvalue weighted by atomic mass is 9.98. The number of carbonyl (C=O) groups excluding carboxylic acids is 1. The van der Waals surface area contributed by atoms with E-state index in [1.165, 1.54) is 0 Å². The van der Waals surface area contributed by atoms with Gasteiger partial charge < -0.3 is 10.5 Å². The molecule has 0 heterocycles. The van der Waals surface area contributed by atoms with Crippen molar-refractivity contribution in [1.29, 1.82) is 0 Å². The van der Waals surface area contributed by atoms with E-state index >= 15 is 0 Å². The van der Waals surface area contributed by atoms with E-state index < -0.39 is 5.54 Å². The number of rotatable bonds is 3. The number of carbonyl (C=O) groups is 1. The molecule has 3 nitrogen and oxygen atoms in total. The molecular weight excluding hydrogens is 226 g/mol. The minimum absolute atomic E-state index is 0.0189. The molecule has 1 aromatic carbocycles. The second-order valence-corrected chi connectivity index (χ2v) is 4.69. The second-order valence-electron chi connectivity index (χ2n) is 4.29. The Labute approximate surface area is 99.5 Å². The van der Waals surface area contributed by atoms with Crippen molar-refractivity contribution in [2.45, 2.75) is 25.3 Å². The quantitative estimate of drug-likeness (QED) is 0.824. The fourth-order valence-corrected chi connectivity index (χ4v) is 1.93. The van der Waals surface area contributed by atoms with Gasteiger partial charge in [-0.2, -0.15) is 0 Å². The molecule has 1 fully saturated rings. The number of nitrogens with two attached hydrogens (primary N) is 1. The van der Waals surface area contributed by atoms with Crippen LogP contribution in [0.2, 0.25) is 5.02 Å². The molecule has 1 aliphatic carbocycles. The first-order valence-corrected chi connectivity index (χ1v) is 5.53. The first-order chi connectivity index (χ1) is 7.48. The van der Waals surface area contributed by atoms with Crippen LogP contribution in [0.3, 0.4) is 0 Å². The van der Waals surface area contributed by atoms with Crippen molar-refractivity contribution in [3.63, 3.8) is 0 Å². The monoisotopic (exact) mass is 239 g/mol. The molecule has 0 amide bonds. The van der Waals surface area contributed by atoms with Crippen LogP contribution in [-0.4, -0.2) is 18.4 Å². The minimum atomic E-state index is -0.650. The summed E-state index contributed by atoms with van der Waals surface area (Å²) in [7, 11) is 1.55. The molecule has 4 heteroatoms. The highest BCUT2D eigenvalue weighted by Crippen LogP contribution is 2.38. The zero-order valence-electron chi connectivity index (χ0n) is 9.34. The first kappa shape index (κ1) is 11.4. The van der Waals surface area contributed by atoms with Gasteiger partial charge >= 0.3 is 0 Å². The van der Waals surface area contributed by atoms with Crippen molar-refractivity contribution < 1.29 is 9.53 Å². The van der Waals surface area contributed by atoms with E-state index in [1.54, 1.807) is 19.2 Å². The molecule has 0 radical (unpaired) electrons. The molecule has 1 aliphatic rings. The van der Waals surface area contributed by atoms with Crippen molar-refractivity contribution in [2.24, 2.45) is 5.73 Å². The normalized spacial score (nSPS) is 17.0. The molecule has 0 atom stereocenters. The van der Waals surface area contributed by atoms with Gasteiger partial charge in [-0.15, -0.1) is 0 Å². The predicted molar refractivity (Wildman–Crippen MR) is 63.2 cm³/mol. The molecule has 0 aromatic heterocycles. The zero-order valence-corrected chi connectivity index (χ0v) is 10.1.